The average Bonchev–Trinajstić information content (AvgIpc) is 2.31. The monoisotopic (exact) mass is 308 g/mol. The van der Waals surface area contributed by atoms with Gasteiger partial charge in [0.15, 0.2) is 5.78 Å². The van der Waals surface area contributed by atoms with E-state index in [4.69, 9.17) is 0 Å². The molecule has 3 heteroatoms. The van der Waals surface area contributed by atoms with Crippen LogP contribution < -0.4 is 0 Å². The van der Waals surface area contributed by atoms with E-state index in [9.17, 15) is 4.79 Å². The van der Waals surface area contributed by atoms with Crippen LogP contribution in [0.4, 0.5) is 0 Å². The molecule has 1 nitrogen and oxygen atoms in total. The topological polar surface area (TPSA) is 17.1 Å². The van der Waals surface area contributed by atoms with E-state index in [0.29, 0.717) is 6.42 Å². The minimum absolute atomic E-state index is 0.0898. The fraction of sp³-hybridized carbons (Fsp3) is 0.500. The molecule has 0 N–H and O–H groups in total. The highest BCUT2D eigenvalue weighted by Gasteiger charge is 2.18. The van der Waals surface area contributed by atoms with E-state index in [0.717, 1.165) is 4.88 Å². The van der Waals surface area contributed by atoms with E-state index in [2.05, 4.69) is 43.4 Å². The molecule has 0 saturated carbocycles. The minimum Gasteiger partial charge on any atom is -0.293 e. The van der Waals surface area contributed by atoms with Crippen molar-refractivity contribution in [3.8, 4) is 0 Å². The van der Waals surface area contributed by atoms with Crippen LogP contribution in [0.2, 0.25) is 0 Å². The van der Waals surface area contributed by atoms with Gasteiger partial charge in [-0.15, -0.1) is 11.3 Å². The second-order valence-electron chi connectivity index (χ2n) is 4.26. The van der Waals surface area contributed by atoms with Gasteiger partial charge in [0.25, 0.3) is 0 Å². The second-order valence-corrected chi connectivity index (χ2v) is 7.24. The Morgan fingerprint density at radius 2 is 2.08 bits per heavy atom. The zero-order valence-electron chi connectivity index (χ0n) is 8.06. The van der Waals surface area contributed by atoms with Gasteiger partial charge in [-0.3, -0.25) is 4.79 Å². The zero-order valence-corrected chi connectivity index (χ0v) is 11.0. The molecule has 13 heavy (non-hydrogen) atoms. The van der Waals surface area contributed by atoms with Gasteiger partial charge < -0.3 is 0 Å². The fourth-order valence-corrected chi connectivity index (χ4v) is 2.59. The maximum absolute atomic E-state index is 11.7. The number of hydrogen-bond acceptors (Lipinski definition) is 2. The third-order valence-corrected chi connectivity index (χ3v) is 3.47. The maximum Gasteiger partial charge on any atom is 0.173 e. The third-order valence-electron chi connectivity index (χ3n) is 1.54. The van der Waals surface area contributed by atoms with Crippen molar-refractivity contribution in [3.63, 3.8) is 0 Å². The maximum atomic E-state index is 11.7. The molecular formula is C10H13IOS. The van der Waals surface area contributed by atoms with Crippen molar-refractivity contribution in [1.29, 1.82) is 0 Å². The van der Waals surface area contributed by atoms with Gasteiger partial charge in [0.2, 0.25) is 0 Å². The Bertz CT molecular complexity index is 309. The lowest BCUT2D eigenvalue weighted by Gasteiger charge is -2.15. The van der Waals surface area contributed by atoms with Crippen LogP contribution in [-0.2, 0) is 0 Å². The molecule has 0 aliphatic heterocycles. The molecule has 0 unspecified atom stereocenters. The standard InChI is InChI=1S/C10H13IOS/c1-10(2,3)6-7(12)8-4-5-9(11)13-8/h4-5H,6H2,1-3H3. The first-order valence-electron chi connectivity index (χ1n) is 4.17. The fourth-order valence-electron chi connectivity index (χ4n) is 1.03. The summed E-state index contributed by atoms with van der Waals surface area (Å²) in [6, 6.07) is 3.90. The van der Waals surface area contributed by atoms with Crippen LogP contribution in [-0.4, -0.2) is 5.78 Å². The van der Waals surface area contributed by atoms with Crippen molar-refractivity contribution in [2.24, 2.45) is 5.41 Å². The van der Waals surface area contributed by atoms with E-state index in [1.165, 1.54) is 2.88 Å². The largest absolute Gasteiger partial charge is 0.293 e. The molecule has 0 spiro atoms. The number of rotatable bonds is 2. The molecule has 72 valence electrons. The molecule has 0 amide bonds. The predicted molar refractivity (Wildman–Crippen MR) is 65.4 cm³/mol. The van der Waals surface area contributed by atoms with Crippen molar-refractivity contribution in [3.05, 3.63) is 19.9 Å². The van der Waals surface area contributed by atoms with Crippen LogP contribution in [0.1, 0.15) is 36.9 Å². The highest BCUT2D eigenvalue weighted by Crippen LogP contribution is 2.25. The van der Waals surface area contributed by atoms with Crippen LogP contribution in [0.5, 0.6) is 0 Å². The van der Waals surface area contributed by atoms with Gasteiger partial charge >= 0.3 is 0 Å². The summed E-state index contributed by atoms with van der Waals surface area (Å²) in [5, 5.41) is 0. The van der Waals surface area contributed by atoms with Crippen molar-refractivity contribution in [2.45, 2.75) is 27.2 Å². The van der Waals surface area contributed by atoms with Gasteiger partial charge in [-0.25, -0.2) is 0 Å². The molecule has 1 aromatic heterocycles. The van der Waals surface area contributed by atoms with Crippen LogP contribution in [0.3, 0.4) is 0 Å². The Morgan fingerprint density at radius 1 is 1.46 bits per heavy atom. The Balaban J connectivity index is 2.70. The Kier molecular flexibility index (Phi) is 3.51. The van der Waals surface area contributed by atoms with Gasteiger partial charge in [0, 0.05) is 6.42 Å². The molecular weight excluding hydrogens is 295 g/mol. The van der Waals surface area contributed by atoms with E-state index in [-0.39, 0.29) is 11.2 Å². The quantitative estimate of drug-likeness (QED) is 0.597. The first-order valence-corrected chi connectivity index (χ1v) is 6.06. The predicted octanol–water partition coefficient (Wildman–Crippen LogP) is 3.97. The van der Waals surface area contributed by atoms with Crippen molar-refractivity contribution < 1.29 is 4.79 Å². The third kappa shape index (κ3) is 3.77. The molecule has 1 rings (SSSR count). The Labute approximate surface area is 96.7 Å². The lowest BCUT2D eigenvalue weighted by atomic mass is 9.90. The summed E-state index contributed by atoms with van der Waals surface area (Å²) >= 11 is 3.81. The number of carbonyl (C=O) groups is 1. The molecule has 0 aromatic carbocycles. The Hall–Kier alpha value is 0.1000. The molecule has 1 heterocycles. The van der Waals surface area contributed by atoms with Crippen molar-refractivity contribution in [2.75, 3.05) is 0 Å². The molecule has 1 aromatic rings. The van der Waals surface area contributed by atoms with Crippen LogP contribution in [0.25, 0.3) is 0 Å². The van der Waals surface area contributed by atoms with Crippen molar-refractivity contribution >= 4 is 39.7 Å². The molecule has 0 aliphatic carbocycles. The summed E-state index contributed by atoms with van der Waals surface area (Å²) in [7, 11) is 0. The Morgan fingerprint density at radius 3 is 2.46 bits per heavy atom. The number of ketones is 1. The van der Waals surface area contributed by atoms with Crippen molar-refractivity contribution in [1.82, 2.24) is 0 Å². The highest BCUT2D eigenvalue weighted by atomic mass is 127. The summed E-state index contributed by atoms with van der Waals surface area (Å²) in [5.41, 5.74) is 0.0898. The molecule has 0 aliphatic rings. The number of halogens is 1. The molecule has 0 atom stereocenters. The molecule has 0 fully saturated rings. The first-order chi connectivity index (χ1) is 5.88. The smallest absolute Gasteiger partial charge is 0.173 e. The van der Waals surface area contributed by atoms with Gasteiger partial charge in [-0.1, -0.05) is 20.8 Å². The molecule has 0 saturated heterocycles. The van der Waals surface area contributed by atoms with Gasteiger partial charge in [0.1, 0.15) is 0 Å². The van der Waals surface area contributed by atoms with Crippen LogP contribution in [0, 0.1) is 8.30 Å². The average molecular weight is 308 g/mol. The van der Waals surface area contributed by atoms with E-state index in [1.807, 2.05) is 12.1 Å². The van der Waals surface area contributed by atoms with Crippen LogP contribution >= 0.6 is 33.9 Å². The second kappa shape index (κ2) is 4.09. The highest BCUT2D eigenvalue weighted by molar-refractivity contribution is 14.1. The zero-order chi connectivity index (χ0) is 10.1. The van der Waals surface area contributed by atoms with Gasteiger partial charge in [-0.05, 0) is 40.1 Å². The SMILES string of the molecule is CC(C)(C)CC(=O)c1ccc(I)s1. The number of carbonyl (C=O) groups excluding carboxylic acids is 1. The molecule has 0 bridgehead atoms. The van der Waals surface area contributed by atoms with Gasteiger partial charge in [-0.2, -0.15) is 0 Å². The van der Waals surface area contributed by atoms with E-state index in [1.54, 1.807) is 11.3 Å². The lowest BCUT2D eigenvalue weighted by Crippen LogP contribution is -2.11. The van der Waals surface area contributed by atoms with E-state index < -0.39 is 0 Å². The summed E-state index contributed by atoms with van der Waals surface area (Å²) in [6.07, 6.45) is 0.629. The first kappa shape index (κ1) is 11.2. The van der Waals surface area contributed by atoms with Gasteiger partial charge in [0.05, 0.1) is 7.76 Å². The number of Topliss-reactive ketones (excluding diaryl/α,β-unsaturated/α-hetero) is 1. The molecule has 0 radical (unpaired) electrons. The minimum atomic E-state index is 0.0898. The summed E-state index contributed by atoms with van der Waals surface area (Å²) in [5.74, 6) is 0.264. The summed E-state index contributed by atoms with van der Waals surface area (Å²) in [4.78, 5) is 12.6. The van der Waals surface area contributed by atoms with E-state index >= 15 is 0 Å². The number of thiophene rings is 1. The van der Waals surface area contributed by atoms with Crippen LogP contribution in [0.15, 0.2) is 12.1 Å². The summed E-state index contributed by atoms with van der Waals surface area (Å²) < 4.78 is 1.18. The lowest BCUT2D eigenvalue weighted by molar-refractivity contribution is 0.0944. The summed E-state index contributed by atoms with van der Waals surface area (Å²) in [6.45, 7) is 6.26. The number of hydrogen-bond donors (Lipinski definition) is 0. The normalized spacial score (nSPS) is 11.7.